The molecular formula is C13H9Cl2NO2. The van der Waals surface area contributed by atoms with Crippen LogP contribution in [0, 0.1) is 0 Å². The van der Waals surface area contributed by atoms with Crippen LogP contribution in [0.4, 0.5) is 0 Å². The molecule has 2 N–H and O–H groups in total. The lowest BCUT2D eigenvalue weighted by Gasteiger charge is -2.05. The Balaban J connectivity index is 2.07. The van der Waals surface area contributed by atoms with Crippen LogP contribution in [0.5, 0.6) is 0 Å². The fourth-order valence-corrected chi connectivity index (χ4v) is 2.28. The summed E-state index contributed by atoms with van der Waals surface area (Å²) >= 11 is 11.8. The average molecular weight is 282 g/mol. The molecule has 0 spiro atoms. The molecule has 0 saturated heterocycles. The highest BCUT2D eigenvalue weighted by molar-refractivity contribution is 6.31. The van der Waals surface area contributed by atoms with Crippen LogP contribution in [-0.4, -0.2) is 0 Å². The van der Waals surface area contributed by atoms with Crippen molar-refractivity contribution in [1.29, 1.82) is 0 Å². The molecule has 1 unspecified atom stereocenters. The number of halogens is 2. The minimum absolute atomic E-state index is 0.279. The number of hydrogen-bond acceptors (Lipinski definition) is 3. The number of fused-ring (bicyclic) bond motifs is 1. The lowest BCUT2D eigenvalue weighted by Crippen LogP contribution is -2.10. The molecule has 2 heterocycles. The molecule has 0 fully saturated rings. The monoisotopic (exact) mass is 281 g/mol. The van der Waals surface area contributed by atoms with Crippen molar-refractivity contribution in [2.75, 3.05) is 0 Å². The highest BCUT2D eigenvalue weighted by Crippen LogP contribution is 2.31. The van der Waals surface area contributed by atoms with Crippen LogP contribution >= 0.6 is 23.2 Å². The summed E-state index contributed by atoms with van der Waals surface area (Å²) in [5, 5.41) is 1.85. The Morgan fingerprint density at radius 1 is 1.11 bits per heavy atom. The summed E-state index contributed by atoms with van der Waals surface area (Å²) in [7, 11) is 0. The third-order valence-corrected chi connectivity index (χ3v) is 3.33. The Kier molecular flexibility index (Phi) is 2.82. The third-order valence-electron chi connectivity index (χ3n) is 2.79. The summed E-state index contributed by atoms with van der Waals surface area (Å²) in [5.74, 6) is 0.621. The van der Waals surface area contributed by atoms with Crippen molar-refractivity contribution in [2.45, 2.75) is 6.04 Å². The van der Waals surface area contributed by atoms with E-state index in [-0.39, 0.29) is 5.22 Å². The molecule has 0 bridgehead atoms. The maximum absolute atomic E-state index is 6.09. The maximum atomic E-state index is 6.09. The zero-order valence-electron chi connectivity index (χ0n) is 9.19. The summed E-state index contributed by atoms with van der Waals surface area (Å²) in [6.07, 6.45) is 1.50. The Bertz CT molecular complexity index is 702. The van der Waals surface area contributed by atoms with Crippen LogP contribution in [0.2, 0.25) is 10.2 Å². The summed E-state index contributed by atoms with van der Waals surface area (Å²) in [6, 6.07) is 8.54. The second-order valence-electron chi connectivity index (χ2n) is 3.96. The maximum Gasteiger partial charge on any atom is 0.198 e. The van der Waals surface area contributed by atoms with E-state index in [1.165, 1.54) is 6.26 Å². The topological polar surface area (TPSA) is 52.3 Å². The molecule has 0 radical (unpaired) electrons. The van der Waals surface area contributed by atoms with Crippen molar-refractivity contribution in [1.82, 2.24) is 0 Å². The molecule has 1 atom stereocenters. The first kappa shape index (κ1) is 11.7. The van der Waals surface area contributed by atoms with E-state index < -0.39 is 6.04 Å². The van der Waals surface area contributed by atoms with Gasteiger partial charge in [0.1, 0.15) is 11.3 Å². The van der Waals surface area contributed by atoms with Crippen LogP contribution < -0.4 is 5.73 Å². The number of nitrogens with two attached hydrogens (primary N) is 1. The normalized spacial score (nSPS) is 13.1. The predicted molar refractivity (Wildman–Crippen MR) is 71.0 cm³/mol. The molecule has 3 aromatic rings. The average Bonchev–Trinajstić information content (AvgIpc) is 2.93. The van der Waals surface area contributed by atoms with Crippen LogP contribution in [0.25, 0.3) is 11.0 Å². The highest BCUT2D eigenvalue weighted by Gasteiger charge is 2.18. The van der Waals surface area contributed by atoms with Crippen LogP contribution in [0.3, 0.4) is 0 Å². The van der Waals surface area contributed by atoms with Gasteiger partial charge in [0.2, 0.25) is 0 Å². The largest absolute Gasteiger partial charge is 0.459 e. The van der Waals surface area contributed by atoms with Gasteiger partial charge < -0.3 is 14.6 Å². The van der Waals surface area contributed by atoms with Gasteiger partial charge in [0, 0.05) is 16.0 Å². The minimum Gasteiger partial charge on any atom is -0.459 e. The van der Waals surface area contributed by atoms with Gasteiger partial charge >= 0.3 is 0 Å². The van der Waals surface area contributed by atoms with Gasteiger partial charge in [-0.05, 0) is 41.9 Å². The highest BCUT2D eigenvalue weighted by atomic mass is 35.5. The quantitative estimate of drug-likeness (QED) is 0.758. The van der Waals surface area contributed by atoms with Gasteiger partial charge in [-0.25, -0.2) is 0 Å². The third kappa shape index (κ3) is 1.90. The molecule has 2 aromatic heterocycles. The van der Waals surface area contributed by atoms with Crippen LogP contribution in [0.1, 0.15) is 17.4 Å². The van der Waals surface area contributed by atoms with E-state index in [1.54, 1.807) is 12.1 Å². The molecule has 0 aliphatic heterocycles. The number of furan rings is 2. The van der Waals surface area contributed by atoms with Crippen molar-refractivity contribution < 1.29 is 8.83 Å². The lowest BCUT2D eigenvalue weighted by atomic mass is 10.1. The predicted octanol–water partition coefficient (Wildman–Crippen LogP) is 4.38. The second-order valence-corrected chi connectivity index (χ2v) is 4.74. The molecule has 0 saturated carbocycles. The van der Waals surface area contributed by atoms with Crippen molar-refractivity contribution in [2.24, 2.45) is 5.73 Å². The summed E-state index contributed by atoms with van der Waals surface area (Å²) in [5.41, 5.74) is 7.53. The van der Waals surface area contributed by atoms with Crippen molar-refractivity contribution in [3.63, 3.8) is 0 Å². The zero-order valence-corrected chi connectivity index (χ0v) is 10.7. The molecule has 0 amide bonds. The molecule has 5 heteroatoms. The number of hydrogen-bond donors (Lipinski definition) is 1. The van der Waals surface area contributed by atoms with Gasteiger partial charge in [0.05, 0.1) is 12.3 Å². The van der Waals surface area contributed by atoms with Crippen LogP contribution in [0.15, 0.2) is 45.4 Å². The Morgan fingerprint density at radius 2 is 1.94 bits per heavy atom. The Morgan fingerprint density at radius 3 is 2.67 bits per heavy atom. The SMILES string of the molecule is NC(c1cc2cc(Cl)ccc2o1)c1ccoc1Cl. The fraction of sp³-hybridized carbons (Fsp3) is 0.0769. The van der Waals surface area contributed by atoms with E-state index in [1.807, 2.05) is 18.2 Å². The second kappa shape index (κ2) is 4.35. The van der Waals surface area contributed by atoms with E-state index in [9.17, 15) is 0 Å². The first-order chi connectivity index (χ1) is 8.65. The summed E-state index contributed by atoms with van der Waals surface area (Å²) < 4.78 is 10.7. The van der Waals surface area contributed by atoms with Gasteiger partial charge in [-0.2, -0.15) is 0 Å². The van der Waals surface area contributed by atoms with E-state index in [0.717, 1.165) is 11.0 Å². The molecule has 0 aliphatic carbocycles. The molecule has 92 valence electrons. The van der Waals surface area contributed by atoms with Crippen molar-refractivity contribution in [3.8, 4) is 0 Å². The van der Waals surface area contributed by atoms with Gasteiger partial charge in [0.25, 0.3) is 0 Å². The minimum atomic E-state index is -0.456. The van der Waals surface area contributed by atoms with E-state index in [4.69, 9.17) is 37.8 Å². The van der Waals surface area contributed by atoms with Crippen molar-refractivity contribution >= 4 is 34.2 Å². The zero-order chi connectivity index (χ0) is 12.7. The van der Waals surface area contributed by atoms with Gasteiger partial charge in [-0.1, -0.05) is 11.6 Å². The first-order valence-corrected chi connectivity index (χ1v) is 6.08. The van der Waals surface area contributed by atoms with Gasteiger partial charge in [-0.15, -0.1) is 0 Å². The summed E-state index contributed by atoms with van der Waals surface area (Å²) in [6.45, 7) is 0. The molecule has 3 nitrogen and oxygen atoms in total. The fourth-order valence-electron chi connectivity index (χ4n) is 1.87. The summed E-state index contributed by atoms with van der Waals surface area (Å²) in [4.78, 5) is 0. The smallest absolute Gasteiger partial charge is 0.198 e. The van der Waals surface area contributed by atoms with Gasteiger partial charge in [0.15, 0.2) is 5.22 Å². The molecule has 3 rings (SSSR count). The van der Waals surface area contributed by atoms with E-state index in [0.29, 0.717) is 16.3 Å². The Labute approximate surface area is 113 Å². The molecule has 1 aromatic carbocycles. The first-order valence-electron chi connectivity index (χ1n) is 5.32. The van der Waals surface area contributed by atoms with Gasteiger partial charge in [-0.3, -0.25) is 0 Å². The molecule has 0 aliphatic rings. The van der Waals surface area contributed by atoms with Crippen LogP contribution in [-0.2, 0) is 0 Å². The number of rotatable bonds is 2. The van der Waals surface area contributed by atoms with Crippen molar-refractivity contribution in [3.05, 3.63) is 58.2 Å². The lowest BCUT2D eigenvalue weighted by molar-refractivity contribution is 0.518. The molecule has 18 heavy (non-hydrogen) atoms. The Hall–Kier alpha value is -1.42. The number of benzene rings is 1. The van der Waals surface area contributed by atoms with E-state index in [2.05, 4.69) is 0 Å². The van der Waals surface area contributed by atoms with E-state index >= 15 is 0 Å². The standard InChI is InChI=1S/C13H9Cl2NO2/c14-8-1-2-10-7(5-8)6-11(18-10)12(16)9-3-4-17-13(9)15/h1-6,12H,16H2. The molecular weight excluding hydrogens is 273 g/mol.